The Morgan fingerprint density at radius 2 is 1.95 bits per heavy atom. The molecule has 5 nitrogen and oxygen atoms in total. The van der Waals surface area contributed by atoms with Gasteiger partial charge in [0.15, 0.2) is 0 Å². The number of carbonyl (C=O) groups is 1. The molecule has 3 N–H and O–H groups in total. The van der Waals surface area contributed by atoms with E-state index >= 15 is 0 Å². The van der Waals surface area contributed by atoms with Gasteiger partial charge in [0.2, 0.25) is 10.8 Å². The van der Waals surface area contributed by atoms with Crippen molar-refractivity contribution in [2.75, 3.05) is 6.61 Å². The summed E-state index contributed by atoms with van der Waals surface area (Å²) in [5, 5.41) is 26.5. The van der Waals surface area contributed by atoms with Crippen molar-refractivity contribution >= 4 is 17.4 Å². The monoisotopic (exact) mass is 286 g/mol. The van der Waals surface area contributed by atoms with Crippen LogP contribution in [0.15, 0.2) is 24.3 Å². The van der Waals surface area contributed by atoms with Gasteiger partial charge in [-0.05, 0) is 6.92 Å². The first-order valence-electron chi connectivity index (χ1n) is 5.85. The number of ether oxygens (including phenoxy) is 1. The fraction of sp³-hybridized carbons (Fsp3) is 0.462. The summed E-state index contributed by atoms with van der Waals surface area (Å²) < 4.78 is 5.13. The molecule has 0 saturated carbocycles. The number of ketones is 1. The first-order valence-corrected chi connectivity index (χ1v) is 6.23. The molecule has 0 unspecified atom stereocenters. The number of benzene rings is 1. The van der Waals surface area contributed by atoms with Crippen molar-refractivity contribution in [2.24, 2.45) is 0 Å². The number of aryl methyl sites for hydroxylation is 1. The van der Waals surface area contributed by atoms with Gasteiger partial charge < -0.3 is 20.1 Å². The number of hydrogen-bond donors (Lipinski definition) is 3. The molecular weight excluding hydrogens is 272 g/mol. The first kappa shape index (κ1) is 14.4. The topological polar surface area (TPSA) is 87.0 Å². The van der Waals surface area contributed by atoms with E-state index in [0.717, 1.165) is 5.56 Å². The minimum absolute atomic E-state index is 0.269. The van der Waals surface area contributed by atoms with Crippen LogP contribution >= 0.6 is 11.6 Å². The van der Waals surface area contributed by atoms with E-state index in [2.05, 4.69) is 0 Å². The third-order valence-corrected chi connectivity index (χ3v) is 3.70. The molecule has 0 bridgehead atoms. The Balaban J connectivity index is 2.30. The Morgan fingerprint density at radius 1 is 1.37 bits per heavy atom. The highest BCUT2D eigenvalue weighted by Gasteiger charge is 2.57. The maximum atomic E-state index is 12.3. The molecule has 1 aromatic rings. The fourth-order valence-corrected chi connectivity index (χ4v) is 2.37. The third-order valence-electron chi connectivity index (χ3n) is 3.21. The Bertz CT molecular complexity index is 474. The van der Waals surface area contributed by atoms with Crippen LogP contribution in [0, 0.1) is 6.92 Å². The molecule has 1 heterocycles. The van der Waals surface area contributed by atoms with Crippen LogP contribution in [-0.2, 0) is 4.74 Å². The van der Waals surface area contributed by atoms with Gasteiger partial charge in [0.05, 0.1) is 6.61 Å². The number of hydrogen-bond acceptors (Lipinski definition) is 5. The van der Waals surface area contributed by atoms with Gasteiger partial charge in [-0.3, -0.25) is 4.79 Å². The quantitative estimate of drug-likeness (QED) is 0.547. The van der Waals surface area contributed by atoms with Crippen molar-refractivity contribution in [1.82, 2.24) is 0 Å². The molecule has 0 aromatic heterocycles. The van der Waals surface area contributed by atoms with Gasteiger partial charge >= 0.3 is 0 Å². The summed E-state index contributed by atoms with van der Waals surface area (Å²) in [4.78, 5) is 12.3. The maximum absolute atomic E-state index is 12.3. The zero-order chi connectivity index (χ0) is 14.2. The van der Waals surface area contributed by atoms with E-state index in [1.807, 2.05) is 6.92 Å². The number of carbonyl (C=O) groups excluding carboxylic acids is 1. The summed E-state index contributed by atoms with van der Waals surface area (Å²) in [6.45, 7) is 1.34. The second-order valence-corrected chi connectivity index (χ2v) is 5.18. The van der Waals surface area contributed by atoms with Gasteiger partial charge in [0, 0.05) is 5.56 Å². The molecule has 1 aliphatic rings. The summed E-state index contributed by atoms with van der Waals surface area (Å²) in [6, 6.07) is 6.59. The molecule has 0 aliphatic carbocycles. The zero-order valence-electron chi connectivity index (χ0n) is 10.3. The lowest BCUT2D eigenvalue weighted by molar-refractivity contribution is -0.0295. The van der Waals surface area contributed by atoms with Crippen LogP contribution in [0.4, 0.5) is 0 Å². The second kappa shape index (κ2) is 5.19. The molecule has 4 atom stereocenters. The Labute approximate surface area is 115 Å². The van der Waals surface area contributed by atoms with E-state index in [-0.39, 0.29) is 5.56 Å². The summed E-state index contributed by atoms with van der Waals surface area (Å²) in [5.74, 6) is -0.642. The Morgan fingerprint density at radius 3 is 2.42 bits per heavy atom. The van der Waals surface area contributed by atoms with Crippen molar-refractivity contribution in [1.29, 1.82) is 0 Å². The van der Waals surface area contributed by atoms with Crippen molar-refractivity contribution in [3.63, 3.8) is 0 Å². The number of rotatable bonds is 3. The van der Waals surface area contributed by atoms with Crippen molar-refractivity contribution in [3.8, 4) is 0 Å². The minimum atomic E-state index is -2.07. The maximum Gasteiger partial charge on any atom is 0.234 e. The minimum Gasteiger partial charge on any atom is -0.394 e. The van der Waals surface area contributed by atoms with Crippen LogP contribution in [0.25, 0.3) is 0 Å². The van der Waals surface area contributed by atoms with E-state index in [1.54, 1.807) is 24.3 Å². The first-order chi connectivity index (χ1) is 8.90. The van der Waals surface area contributed by atoms with E-state index in [9.17, 15) is 15.0 Å². The largest absolute Gasteiger partial charge is 0.394 e. The molecule has 19 heavy (non-hydrogen) atoms. The van der Waals surface area contributed by atoms with Crippen LogP contribution in [0.3, 0.4) is 0 Å². The normalized spacial score (nSPS) is 34.5. The number of alkyl halides is 1. The third kappa shape index (κ3) is 2.40. The highest BCUT2D eigenvalue weighted by Crippen LogP contribution is 2.37. The molecule has 1 saturated heterocycles. The molecular formula is C13H15ClO5. The number of halogens is 1. The highest BCUT2D eigenvalue weighted by molar-refractivity contribution is 6.37. The predicted octanol–water partition coefficient (Wildman–Crippen LogP) is 0.226. The average Bonchev–Trinajstić information content (AvgIpc) is 2.64. The summed E-state index contributed by atoms with van der Waals surface area (Å²) in [7, 11) is 0. The Hall–Kier alpha value is -0.980. The van der Waals surface area contributed by atoms with Crippen LogP contribution in [-0.4, -0.2) is 51.1 Å². The molecule has 6 heteroatoms. The summed E-state index contributed by atoms with van der Waals surface area (Å²) >= 11 is 6.02. The van der Waals surface area contributed by atoms with Gasteiger partial charge in [-0.25, -0.2) is 0 Å². The smallest absolute Gasteiger partial charge is 0.234 e. The number of aliphatic hydroxyl groups is 3. The van der Waals surface area contributed by atoms with Gasteiger partial charge in [0.25, 0.3) is 0 Å². The lowest BCUT2D eigenvalue weighted by Crippen LogP contribution is -2.45. The molecule has 2 rings (SSSR count). The van der Waals surface area contributed by atoms with Crippen molar-refractivity contribution in [3.05, 3.63) is 35.4 Å². The SMILES string of the molecule is Cc1ccc(C(=O)[C@]2(Cl)O[C@H](CO)[C@@H](O)[C@H]2O)cc1. The van der Waals surface area contributed by atoms with Crippen LogP contribution < -0.4 is 0 Å². The lowest BCUT2D eigenvalue weighted by atomic mass is 9.99. The molecule has 0 spiro atoms. The zero-order valence-corrected chi connectivity index (χ0v) is 11.0. The fourth-order valence-electron chi connectivity index (χ4n) is 2.02. The van der Waals surface area contributed by atoms with Crippen LogP contribution in [0.1, 0.15) is 15.9 Å². The lowest BCUT2D eigenvalue weighted by Gasteiger charge is -2.23. The van der Waals surface area contributed by atoms with E-state index in [4.69, 9.17) is 21.4 Å². The number of aliphatic hydroxyl groups excluding tert-OH is 3. The molecule has 0 radical (unpaired) electrons. The molecule has 104 valence electrons. The number of Topliss-reactive ketones (excluding diaryl/α,β-unsaturated/α-hetero) is 1. The molecule has 0 amide bonds. The van der Waals surface area contributed by atoms with Gasteiger partial charge in [-0.15, -0.1) is 0 Å². The van der Waals surface area contributed by atoms with Gasteiger partial charge in [-0.2, -0.15) is 0 Å². The van der Waals surface area contributed by atoms with Gasteiger partial charge in [-0.1, -0.05) is 41.4 Å². The molecule has 1 aliphatic heterocycles. The summed E-state index contributed by atoms with van der Waals surface area (Å²) in [6.07, 6.45) is -4.08. The van der Waals surface area contributed by atoms with Crippen molar-refractivity contribution < 1.29 is 24.9 Å². The average molecular weight is 287 g/mol. The molecule has 1 aromatic carbocycles. The second-order valence-electron chi connectivity index (χ2n) is 4.61. The summed E-state index contributed by atoms with van der Waals surface area (Å²) in [5.41, 5.74) is 1.24. The van der Waals surface area contributed by atoms with Crippen molar-refractivity contribution in [2.45, 2.75) is 30.3 Å². The highest BCUT2D eigenvalue weighted by atomic mass is 35.5. The Kier molecular flexibility index (Phi) is 3.94. The van der Waals surface area contributed by atoms with E-state index in [1.165, 1.54) is 0 Å². The molecule has 1 fully saturated rings. The standard InChI is InChI=1S/C13H15ClO5/c1-7-2-4-8(5-3-7)11(17)13(14)12(18)10(16)9(6-15)19-13/h2-5,9-10,12,15-16,18H,6H2,1H3/t9-,10-,12-,13+/m1/s1. The van der Waals surface area contributed by atoms with E-state index in [0.29, 0.717) is 0 Å². The predicted molar refractivity (Wildman–Crippen MR) is 68.1 cm³/mol. The van der Waals surface area contributed by atoms with Gasteiger partial charge in [0.1, 0.15) is 18.3 Å². The van der Waals surface area contributed by atoms with Crippen LogP contribution in [0.5, 0.6) is 0 Å². The van der Waals surface area contributed by atoms with E-state index < -0.39 is 35.8 Å². The van der Waals surface area contributed by atoms with Crippen LogP contribution in [0.2, 0.25) is 0 Å².